The quantitative estimate of drug-likeness (QED) is 0.807. The number of nitrogens with two attached hydrogens (primary N) is 1. The van der Waals surface area contributed by atoms with Gasteiger partial charge < -0.3 is 10.3 Å². The summed E-state index contributed by atoms with van der Waals surface area (Å²) in [4.78, 5) is 28.8. The molecule has 3 N–H and O–H groups in total. The number of H-pyrrole nitrogens is 1. The lowest BCUT2D eigenvalue weighted by molar-refractivity contribution is 0.353. The van der Waals surface area contributed by atoms with Crippen LogP contribution in [-0.2, 0) is 12.1 Å². The molecular formula is C10H12ClN5O3. The van der Waals surface area contributed by atoms with Crippen LogP contribution in [0.2, 0.25) is 5.02 Å². The lowest BCUT2D eigenvalue weighted by Gasteiger charge is -2.11. The van der Waals surface area contributed by atoms with E-state index in [1.807, 2.05) is 0 Å². The fourth-order valence-corrected chi connectivity index (χ4v) is 1.49. The maximum atomic E-state index is 11.5. The van der Waals surface area contributed by atoms with Crippen molar-refractivity contribution >= 4 is 11.6 Å². The fraction of sp³-hybridized carbons (Fsp3) is 0.400. The molecule has 0 spiro atoms. The maximum Gasteiger partial charge on any atom is 0.328 e. The summed E-state index contributed by atoms with van der Waals surface area (Å²) < 4.78 is 6.14. The largest absolute Gasteiger partial charge is 0.337 e. The SMILES string of the molecule is CC(C)(N)c1noc(Cn2cc(Cl)c(=O)[nH]c2=O)n1. The summed E-state index contributed by atoms with van der Waals surface area (Å²) in [6.07, 6.45) is 1.21. The molecular weight excluding hydrogens is 274 g/mol. The molecule has 0 aliphatic carbocycles. The molecule has 0 aliphatic heterocycles. The molecule has 0 amide bonds. The molecule has 2 aromatic heterocycles. The second-order valence-corrected chi connectivity index (χ2v) is 5.00. The number of hydrogen-bond acceptors (Lipinski definition) is 6. The number of aromatic amines is 1. The van der Waals surface area contributed by atoms with E-state index in [-0.39, 0.29) is 17.5 Å². The second-order valence-electron chi connectivity index (χ2n) is 4.60. The molecule has 8 nitrogen and oxygen atoms in total. The third-order valence-electron chi connectivity index (χ3n) is 2.32. The Morgan fingerprint density at radius 3 is 2.79 bits per heavy atom. The van der Waals surface area contributed by atoms with Crippen molar-refractivity contribution in [2.24, 2.45) is 5.73 Å². The van der Waals surface area contributed by atoms with Gasteiger partial charge in [-0.25, -0.2) is 4.79 Å². The normalized spacial score (nSPS) is 11.8. The molecule has 19 heavy (non-hydrogen) atoms. The van der Waals surface area contributed by atoms with Crippen LogP contribution in [0.25, 0.3) is 0 Å². The molecule has 0 aromatic carbocycles. The smallest absolute Gasteiger partial charge is 0.328 e. The fourth-order valence-electron chi connectivity index (χ4n) is 1.33. The van der Waals surface area contributed by atoms with Crippen molar-refractivity contribution in [3.05, 3.63) is 43.8 Å². The summed E-state index contributed by atoms with van der Waals surface area (Å²) >= 11 is 5.64. The van der Waals surface area contributed by atoms with Gasteiger partial charge in [-0.2, -0.15) is 4.98 Å². The van der Waals surface area contributed by atoms with Gasteiger partial charge in [0.05, 0.1) is 5.54 Å². The van der Waals surface area contributed by atoms with Crippen LogP contribution in [-0.4, -0.2) is 19.7 Å². The van der Waals surface area contributed by atoms with Gasteiger partial charge in [-0.3, -0.25) is 14.3 Å². The van der Waals surface area contributed by atoms with Gasteiger partial charge in [0.15, 0.2) is 5.82 Å². The third-order valence-corrected chi connectivity index (χ3v) is 2.59. The first kappa shape index (κ1) is 13.5. The average molecular weight is 286 g/mol. The van der Waals surface area contributed by atoms with Gasteiger partial charge in [0, 0.05) is 6.20 Å². The molecule has 102 valence electrons. The highest BCUT2D eigenvalue weighted by atomic mass is 35.5. The molecule has 0 bridgehead atoms. The molecule has 2 aromatic rings. The predicted molar refractivity (Wildman–Crippen MR) is 66.9 cm³/mol. The highest BCUT2D eigenvalue weighted by Crippen LogP contribution is 2.12. The Bertz CT molecular complexity index is 709. The number of rotatable bonds is 3. The lowest BCUT2D eigenvalue weighted by atomic mass is 10.1. The van der Waals surface area contributed by atoms with E-state index >= 15 is 0 Å². The van der Waals surface area contributed by atoms with E-state index in [4.69, 9.17) is 21.9 Å². The van der Waals surface area contributed by atoms with Crippen LogP contribution >= 0.6 is 11.6 Å². The summed E-state index contributed by atoms with van der Waals surface area (Å²) in [5.74, 6) is 0.518. The maximum absolute atomic E-state index is 11.5. The van der Waals surface area contributed by atoms with Crippen LogP contribution in [0.4, 0.5) is 0 Å². The zero-order valence-corrected chi connectivity index (χ0v) is 11.1. The second kappa shape index (κ2) is 4.63. The van der Waals surface area contributed by atoms with Crippen LogP contribution < -0.4 is 17.0 Å². The number of aromatic nitrogens is 4. The van der Waals surface area contributed by atoms with Gasteiger partial charge >= 0.3 is 5.69 Å². The van der Waals surface area contributed by atoms with Crippen LogP contribution in [0.15, 0.2) is 20.3 Å². The Kier molecular flexibility index (Phi) is 3.29. The van der Waals surface area contributed by atoms with Gasteiger partial charge in [0.1, 0.15) is 11.6 Å². The molecule has 0 atom stereocenters. The predicted octanol–water partition coefficient (Wildman–Crippen LogP) is -0.185. The average Bonchev–Trinajstić information content (AvgIpc) is 2.74. The first-order chi connectivity index (χ1) is 8.77. The Hall–Kier alpha value is -1.93. The number of nitrogens with zero attached hydrogens (tertiary/aromatic N) is 3. The standard InChI is InChI=1S/C10H12ClN5O3/c1-10(2,12)8-13-6(19-15-8)4-16-3-5(11)7(17)14-9(16)18/h3H,4,12H2,1-2H3,(H,14,17,18). The van der Waals surface area contributed by atoms with Gasteiger partial charge in [0.25, 0.3) is 5.56 Å². The van der Waals surface area contributed by atoms with Crippen molar-refractivity contribution in [3.8, 4) is 0 Å². The molecule has 0 radical (unpaired) electrons. The van der Waals surface area contributed by atoms with E-state index < -0.39 is 16.8 Å². The minimum atomic E-state index is -0.741. The summed E-state index contributed by atoms with van der Waals surface area (Å²) in [5, 5.41) is 3.62. The van der Waals surface area contributed by atoms with E-state index in [1.165, 1.54) is 6.20 Å². The van der Waals surface area contributed by atoms with E-state index in [1.54, 1.807) is 13.8 Å². The molecule has 9 heteroatoms. The van der Waals surface area contributed by atoms with Crippen LogP contribution in [0.3, 0.4) is 0 Å². The molecule has 0 unspecified atom stereocenters. The van der Waals surface area contributed by atoms with E-state index in [9.17, 15) is 9.59 Å². The summed E-state index contributed by atoms with van der Waals surface area (Å²) in [5.41, 5.74) is 3.82. The van der Waals surface area contributed by atoms with Gasteiger partial charge in [-0.05, 0) is 13.8 Å². The highest BCUT2D eigenvalue weighted by molar-refractivity contribution is 6.30. The first-order valence-electron chi connectivity index (χ1n) is 5.38. The molecule has 0 aliphatic rings. The molecule has 0 saturated heterocycles. The Labute approximate surface area is 112 Å². The monoisotopic (exact) mass is 285 g/mol. The molecule has 0 saturated carbocycles. The zero-order valence-electron chi connectivity index (χ0n) is 10.3. The van der Waals surface area contributed by atoms with Crippen molar-refractivity contribution in [2.75, 3.05) is 0 Å². The van der Waals surface area contributed by atoms with Crippen molar-refractivity contribution in [2.45, 2.75) is 25.9 Å². The van der Waals surface area contributed by atoms with Gasteiger partial charge in [-0.15, -0.1) is 0 Å². The highest BCUT2D eigenvalue weighted by Gasteiger charge is 2.21. The number of nitrogens with one attached hydrogen (secondary N) is 1. The van der Waals surface area contributed by atoms with E-state index in [0.717, 1.165) is 4.57 Å². The van der Waals surface area contributed by atoms with Crippen LogP contribution in [0.1, 0.15) is 25.6 Å². The first-order valence-corrected chi connectivity index (χ1v) is 5.76. The Morgan fingerprint density at radius 2 is 2.21 bits per heavy atom. The number of halogens is 1. The van der Waals surface area contributed by atoms with E-state index in [2.05, 4.69) is 15.1 Å². The molecule has 2 heterocycles. The van der Waals surface area contributed by atoms with Gasteiger partial charge in [-0.1, -0.05) is 16.8 Å². The Balaban J connectivity index is 2.32. The Morgan fingerprint density at radius 1 is 1.53 bits per heavy atom. The summed E-state index contributed by atoms with van der Waals surface area (Å²) in [7, 11) is 0. The van der Waals surface area contributed by atoms with Crippen LogP contribution in [0.5, 0.6) is 0 Å². The van der Waals surface area contributed by atoms with Crippen molar-refractivity contribution in [3.63, 3.8) is 0 Å². The molecule has 2 rings (SSSR count). The number of hydrogen-bond donors (Lipinski definition) is 2. The van der Waals surface area contributed by atoms with Crippen molar-refractivity contribution < 1.29 is 4.52 Å². The van der Waals surface area contributed by atoms with Crippen molar-refractivity contribution in [1.29, 1.82) is 0 Å². The lowest BCUT2D eigenvalue weighted by Crippen LogP contribution is -2.31. The van der Waals surface area contributed by atoms with Crippen molar-refractivity contribution in [1.82, 2.24) is 19.7 Å². The summed E-state index contributed by atoms with van der Waals surface area (Å²) in [6, 6.07) is 0. The minimum Gasteiger partial charge on any atom is -0.337 e. The topological polar surface area (TPSA) is 120 Å². The third kappa shape index (κ3) is 2.91. The summed E-state index contributed by atoms with van der Waals surface area (Å²) in [6.45, 7) is 3.45. The molecule has 0 fully saturated rings. The van der Waals surface area contributed by atoms with Gasteiger partial charge in [0.2, 0.25) is 5.89 Å². The minimum absolute atomic E-state index is 0.00157. The zero-order chi connectivity index (χ0) is 14.2. The van der Waals surface area contributed by atoms with E-state index in [0.29, 0.717) is 5.82 Å². The van der Waals surface area contributed by atoms with Crippen LogP contribution in [0, 0.1) is 0 Å².